The highest BCUT2D eigenvalue weighted by Crippen LogP contribution is 2.36. The van der Waals surface area contributed by atoms with Gasteiger partial charge in [-0.3, -0.25) is 19.3 Å². The van der Waals surface area contributed by atoms with Crippen LogP contribution in [0.1, 0.15) is 44.9 Å². The van der Waals surface area contributed by atoms with Crippen molar-refractivity contribution in [1.29, 1.82) is 0 Å². The molecule has 3 aromatic rings. The summed E-state index contributed by atoms with van der Waals surface area (Å²) in [5.41, 5.74) is 1.47. The third kappa shape index (κ3) is 4.53. The van der Waals surface area contributed by atoms with Crippen LogP contribution >= 0.6 is 11.3 Å². The molecule has 0 unspecified atom stereocenters. The van der Waals surface area contributed by atoms with Gasteiger partial charge in [-0.15, -0.1) is 11.3 Å². The molecule has 2 saturated heterocycles. The summed E-state index contributed by atoms with van der Waals surface area (Å²) in [7, 11) is -3.08. The molecule has 0 spiro atoms. The summed E-state index contributed by atoms with van der Waals surface area (Å²) in [5, 5.41) is 4.01. The fourth-order valence-electron chi connectivity index (χ4n) is 5.63. The van der Waals surface area contributed by atoms with Crippen molar-refractivity contribution < 1.29 is 22.8 Å². The highest BCUT2D eigenvalue weighted by atomic mass is 32.2. The molecule has 0 radical (unpaired) electrons. The molecule has 0 aliphatic carbocycles. The first-order chi connectivity index (χ1) is 17.8. The van der Waals surface area contributed by atoms with Gasteiger partial charge in [0.1, 0.15) is 0 Å². The average Bonchev–Trinajstić information content (AvgIpc) is 3.53. The van der Waals surface area contributed by atoms with Crippen molar-refractivity contribution in [2.45, 2.75) is 31.8 Å². The molecule has 2 atom stereocenters. The molecule has 0 bridgehead atoms. The van der Waals surface area contributed by atoms with Gasteiger partial charge in [0, 0.05) is 28.7 Å². The van der Waals surface area contributed by atoms with Crippen LogP contribution in [0.2, 0.25) is 0 Å². The van der Waals surface area contributed by atoms with Crippen LogP contribution in [0, 0.1) is 5.92 Å². The lowest BCUT2D eigenvalue weighted by Crippen LogP contribution is -2.46. The molecule has 6 rings (SSSR count). The summed E-state index contributed by atoms with van der Waals surface area (Å²) < 4.78 is 24.6. The van der Waals surface area contributed by atoms with E-state index in [1.165, 1.54) is 4.90 Å². The molecule has 0 saturated carbocycles. The van der Waals surface area contributed by atoms with E-state index in [2.05, 4.69) is 5.32 Å². The second kappa shape index (κ2) is 9.25. The van der Waals surface area contributed by atoms with E-state index in [0.29, 0.717) is 42.7 Å². The van der Waals surface area contributed by atoms with Crippen molar-refractivity contribution >= 4 is 54.7 Å². The predicted octanol–water partition coefficient (Wildman–Crippen LogP) is 3.22. The number of carbonyl (C=O) groups excluding carboxylic acids is 3. The molecule has 10 heteroatoms. The number of nitrogens with zero attached hydrogens (tertiary/aromatic N) is 2. The maximum atomic E-state index is 13.5. The van der Waals surface area contributed by atoms with Crippen LogP contribution in [0.3, 0.4) is 0 Å². The average molecular weight is 538 g/mol. The number of sulfone groups is 1. The van der Waals surface area contributed by atoms with E-state index in [4.69, 9.17) is 0 Å². The predicted molar refractivity (Wildman–Crippen MR) is 143 cm³/mol. The van der Waals surface area contributed by atoms with Crippen LogP contribution in [-0.4, -0.2) is 61.7 Å². The van der Waals surface area contributed by atoms with Crippen molar-refractivity contribution in [1.82, 2.24) is 10.2 Å². The summed E-state index contributed by atoms with van der Waals surface area (Å²) >= 11 is 1.58. The SMILES string of the molecule is O=C(N[C@@H]1CCS(=O)(=O)C1)[C@H]1CCCN(c2cccc3c2C(=O)N(Cc2cc4ccccc4s2)C3=O)C1. The van der Waals surface area contributed by atoms with E-state index in [0.717, 1.165) is 21.4 Å². The zero-order valence-electron chi connectivity index (χ0n) is 20.2. The van der Waals surface area contributed by atoms with Gasteiger partial charge in [-0.05, 0) is 48.9 Å². The molecule has 37 heavy (non-hydrogen) atoms. The highest BCUT2D eigenvalue weighted by Gasteiger charge is 2.40. The lowest BCUT2D eigenvalue weighted by atomic mass is 9.95. The Kier molecular flexibility index (Phi) is 6.03. The Hall–Kier alpha value is -3.24. The van der Waals surface area contributed by atoms with Gasteiger partial charge in [0.15, 0.2) is 9.84 Å². The lowest BCUT2D eigenvalue weighted by Gasteiger charge is -2.35. The van der Waals surface area contributed by atoms with Gasteiger partial charge in [-0.1, -0.05) is 24.3 Å². The summed E-state index contributed by atoms with van der Waals surface area (Å²) in [5.74, 6) is -0.959. The zero-order valence-corrected chi connectivity index (χ0v) is 21.8. The van der Waals surface area contributed by atoms with E-state index in [1.54, 1.807) is 23.5 Å². The second-order valence-corrected chi connectivity index (χ2v) is 13.4. The molecule has 4 heterocycles. The number of hydrogen-bond acceptors (Lipinski definition) is 7. The standard InChI is InChI=1S/C27H27N3O5S2/c31-25(28-19-10-12-37(34,35)16-19)18-6-4-11-29(14-18)22-8-3-7-21-24(22)27(33)30(26(21)32)15-20-13-17-5-1-2-9-23(17)36-20/h1-3,5,7-9,13,18-19H,4,6,10-12,14-16H2,(H,28,31)/t18-,19+/m0/s1. The first-order valence-corrected chi connectivity index (χ1v) is 15.2. The second-order valence-electron chi connectivity index (χ2n) is 10.0. The fourth-order valence-corrected chi connectivity index (χ4v) is 8.36. The third-order valence-electron chi connectivity index (χ3n) is 7.48. The van der Waals surface area contributed by atoms with Crippen LogP contribution in [0.25, 0.3) is 10.1 Å². The van der Waals surface area contributed by atoms with Gasteiger partial charge < -0.3 is 10.2 Å². The lowest BCUT2D eigenvalue weighted by molar-refractivity contribution is -0.125. The minimum Gasteiger partial charge on any atom is -0.370 e. The van der Waals surface area contributed by atoms with Crippen molar-refractivity contribution in [2.24, 2.45) is 5.92 Å². The number of piperidine rings is 1. The summed E-state index contributed by atoms with van der Waals surface area (Å²) in [6.07, 6.45) is 1.91. The number of benzene rings is 2. The van der Waals surface area contributed by atoms with Crippen molar-refractivity contribution in [3.63, 3.8) is 0 Å². The van der Waals surface area contributed by atoms with Crippen LogP contribution in [0.15, 0.2) is 48.5 Å². The molecule has 3 aliphatic rings. The fraction of sp³-hybridized carbons (Fsp3) is 0.370. The number of anilines is 1. The van der Waals surface area contributed by atoms with Crippen LogP contribution in [0.4, 0.5) is 5.69 Å². The molecule has 192 valence electrons. The molecule has 1 N–H and O–H groups in total. The molecule has 8 nitrogen and oxygen atoms in total. The monoisotopic (exact) mass is 537 g/mol. The topological polar surface area (TPSA) is 104 Å². The Labute approximate surface area is 219 Å². The van der Waals surface area contributed by atoms with Gasteiger partial charge in [0.05, 0.1) is 40.8 Å². The number of imide groups is 1. The maximum Gasteiger partial charge on any atom is 0.264 e. The van der Waals surface area contributed by atoms with Gasteiger partial charge in [0.2, 0.25) is 5.91 Å². The van der Waals surface area contributed by atoms with Gasteiger partial charge in [-0.25, -0.2) is 8.42 Å². The number of amides is 3. The van der Waals surface area contributed by atoms with E-state index < -0.39 is 9.84 Å². The summed E-state index contributed by atoms with van der Waals surface area (Å²) in [6, 6.07) is 15.0. The summed E-state index contributed by atoms with van der Waals surface area (Å²) in [6.45, 7) is 1.32. The molecule has 3 aliphatic heterocycles. The molecule has 2 aromatic carbocycles. The van der Waals surface area contributed by atoms with E-state index in [1.807, 2.05) is 41.3 Å². The number of nitrogens with one attached hydrogen (secondary N) is 1. The smallest absolute Gasteiger partial charge is 0.264 e. The van der Waals surface area contributed by atoms with Crippen molar-refractivity contribution in [3.05, 3.63) is 64.5 Å². The van der Waals surface area contributed by atoms with Gasteiger partial charge in [0.25, 0.3) is 11.8 Å². The Morgan fingerprint density at radius 3 is 2.68 bits per heavy atom. The van der Waals surface area contributed by atoms with Gasteiger partial charge >= 0.3 is 0 Å². The molecule has 3 amide bonds. The largest absolute Gasteiger partial charge is 0.370 e. The van der Waals surface area contributed by atoms with E-state index in [-0.39, 0.29) is 47.7 Å². The summed E-state index contributed by atoms with van der Waals surface area (Å²) in [4.78, 5) is 44.0. The van der Waals surface area contributed by atoms with Crippen LogP contribution in [-0.2, 0) is 21.2 Å². The number of rotatable bonds is 5. The molecule has 1 aromatic heterocycles. The molecular weight excluding hydrogens is 510 g/mol. The molecular formula is C27H27N3O5S2. The number of hydrogen-bond donors (Lipinski definition) is 1. The number of carbonyl (C=O) groups is 3. The highest BCUT2D eigenvalue weighted by molar-refractivity contribution is 7.91. The number of thiophene rings is 1. The van der Waals surface area contributed by atoms with E-state index >= 15 is 0 Å². The minimum absolute atomic E-state index is 0.00633. The minimum atomic E-state index is -3.08. The number of fused-ring (bicyclic) bond motifs is 2. The zero-order chi connectivity index (χ0) is 25.7. The third-order valence-corrected chi connectivity index (χ3v) is 10.3. The normalized spacial score (nSPS) is 23.0. The van der Waals surface area contributed by atoms with Crippen molar-refractivity contribution in [2.75, 3.05) is 29.5 Å². The van der Waals surface area contributed by atoms with Gasteiger partial charge in [-0.2, -0.15) is 0 Å². The Morgan fingerprint density at radius 1 is 1.05 bits per heavy atom. The van der Waals surface area contributed by atoms with Crippen LogP contribution in [0.5, 0.6) is 0 Å². The Balaban J connectivity index is 1.20. The van der Waals surface area contributed by atoms with Crippen molar-refractivity contribution in [3.8, 4) is 0 Å². The quantitative estimate of drug-likeness (QED) is 0.502. The first-order valence-electron chi connectivity index (χ1n) is 12.5. The van der Waals surface area contributed by atoms with Crippen LogP contribution < -0.4 is 10.2 Å². The maximum absolute atomic E-state index is 13.5. The molecule has 2 fully saturated rings. The Morgan fingerprint density at radius 2 is 1.89 bits per heavy atom. The van der Waals surface area contributed by atoms with E-state index in [9.17, 15) is 22.8 Å². The first kappa shape index (κ1) is 24.1. The Bertz CT molecular complexity index is 1500.